The maximum Gasteiger partial charge on any atom is 0.0861 e. The molecule has 0 aliphatic rings. The minimum atomic E-state index is -0.557. The van der Waals surface area contributed by atoms with Gasteiger partial charge in [-0.1, -0.05) is 0 Å². The van der Waals surface area contributed by atoms with Crippen LogP contribution in [0.4, 0.5) is 0 Å². The van der Waals surface area contributed by atoms with Crippen molar-refractivity contribution in [1.82, 2.24) is 14.8 Å². The Kier molecular flexibility index (Phi) is 2.85. The molecule has 0 aromatic carbocycles. The number of rotatable bonds is 3. The quantitative estimate of drug-likeness (QED) is 0.785. The average Bonchev–Trinajstić information content (AvgIpc) is 2.96. The lowest BCUT2D eigenvalue weighted by Gasteiger charge is -2.08. The smallest absolute Gasteiger partial charge is 0.0861 e. The van der Waals surface area contributed by atoms with Gasteiger partial charge in [0.1, 0.15) is 0 Å². The second-order valence-corrected chi connectivity index (χ2v) is 5.22. The van der Waals surface area contributed by atoms with Crippen molar-refractivity contribution in [1.29, 1.82) is 0 Å². The van der Waals surface area contributed by atoms with Crippen LogP contribution in [0.3, 0.4) is 0 Å². The summed E-state index contributed by atoms with van der Waals surface area (Å²) in [6.45, 7) is 0. The standard InChI is InChI=1S/C13H13N3OS/c1-16-4-2-10(15-16)7-12(17)9-6-13-11(14-8-9)3-5-18-13/h2-6,8,12,17H,7H2,1H3. The van der Waals surface area contributed by atoms with Crippen molar-refractivity contribution < 1.29 is 5.11 Å². The van der Waals surface area contributed by atoms with Gasteiger partial charge in [0.2, 0.25) is 0 Å². The molecule has 3 aromatic heterocycles. The Balaban J connectivity index is 1.84. The molecule has 4 nitrogen and oxygen atoms in total. The number of nitrogens with zero attached hydrogens (tertiary/aromatic N) is 3. The molecular weight excluding hydrogens is 246 g/mol. The van der Waals surface area contributed by atoms with Crippen LogP contribution in [0.25, 0.3) is 10.2 Å². The zero-order valence-corrected chi connectivity index (χ0v) is 10.8. The largest absolute Gasteiger partial charge is 0.388 e. The lowest BCUT2D eigenvalue weighted by molar-refractivity contribution is 0.177. The number of aliphatic hydroxyl groups excluding tert-OH is 1. The third-order valence-corrected chi connectivity index (χ3v) is 3.73. The zero-order chi connectivity index (χ0) is 12.5. The fraction of sp³-hybridized carbons (Fsp3) is 0.231. The van der Waals surface area contributed by atoms with Crippen molar-refractivity contribution in [2.24, 2.45) is 7.05 Å². The number of hydrogen-bond acceptors (Lipinski definition) is 4. The third kappa shape index (κ3) is 2.14. The number of aromatic nitrogens is 3. The number of thiophene rings is 1. The lowest BCUT2D eigenvalue weighted by Crippen LogP contribution is -2.03. The molecule has 0 bridgehead atoms. The molecule has 3 heterocycles. The molecule has 1 unspecified atom stereocenters. The number of aliphatic hydroxyl groups is 1. The van der Waals surface area contributed by atoms with Gasteiger partial charge in [0.25, 0.3) is 0 Å². The van der Waals surface area contributed by atoms with Crippen molar-refractivity contribution in [3.05, 3.63) is 47.2 Å². The van der Waals surface area contributed by atoms with Crippen LogP contribution in [0.2, 0.25) is 0 Å². The highest BCUT2D eigenvalue weighted by Crippen LogP contribution is 2.24. The van der Waals surface area contributed by atoms with E-state index in [9.17, 15) is 5.11 Å². The van der Waals surface area contributed by atoms with Crippen molar-refractivity contribution >= 4 is 21.6 Å². The van der Waals surface area contributed by atoms with Crippen LogP contribution < -0.4 is 0 Å². The maximum absolute atomic E-state index is 10.2. The summed E-state index contributed by atoms with van der Waals surface area (Å²) in [6.07, 6.45) is 3.57. The first-order valence-corrected chi connectivity index (χ1v) is 6.60. The van der Waals surface area contributed by atoms with Crippen LogP contribution in [-0.4, -0.2) is 19.9 Å². The molecule has 1 atom stereocenters. The van der Waals surface area contributed by atoms with Crippen LogP contribution in [0.15, 0.2) is 36.0 Å². The molecule has 1 N–H and O–H groups in total. The molecule has 18 heavy (non-hydrogen) atoms. The highest BCUT2D eigenvalue weighted by Gasteiger charge is 2.11. The molecule has 3 rings (SSSR count). The van der Waals surface area contributed by atoms with Gasteiger partial charge in [-0.05, 0) is 23.6 Å². The van der Waals surface area contributed by atoms with Crippen LogP contribution in [-0.2, 0) is 13.5 Å². The molecule has 0 aliphatic heterocycles. The van der Waals surface area contributed by atoms with Gasteiger partial charge in [0.15, 0.2) is 0 Å². The first-order chi connectivity index (χ1) is 8.72. The van der Waals surface area contributed by atoms with E-state index in [4.69, 9.17) is 0 Å². The molecule has 3 aromatic rings. The van der Waals surface area contributed by atoms with Crippen LogP contribution in [0, 0.1) is 0 Å². The van der Waals surface area contributed by atoms with Gasteiger partial charge in [-0.15, -0.1) is 11.3 Å². The minimum absolute atomic E-state index is 0.513. The van der Waals surface area contributed by atoms with Gasteiger partial charge >= 0.3 is 0 Å². The number of hydrogen-bond donors (Lipinski definition) is 1. The van der Waals surface area contributed by atoms with E-state index in [1.54, 1.807) is 22.2 Å². The summed E-state index contributed by atoms with van der Waals surface area (Å²) in [5.74, 6) is 0. The van der Waals surface area contributed by atoms with E-state index < -0.39 is 6.10 Å². The molecule has 0 saturated carbocycles. The van der Waals surface area contributed by atoms with Gasteiger partial charge < -0.3 is 5.11 Å². The van der Waals surface area contributed by atoms with Crippen LogP contribution in [0.1, 0.15) is 17.4 Å². The molecule has 0 amide bonds. The summed E-state index contributed by atoms with van der Waals surface area (Å²) >= 11 is 1.64. The molecule has 5 heteroatoms. The Morgan fingerprint density at radius 2 is 2.33 bits per heavy atom. The SMILES string of the molecule is Cn1ccc(CC(O)c2cnc3ccsc3c2)n1. The molecular formula is C13H13N3OS. The zero-order valence-electron chi connectivity index (χ0n) is 9.95. The highest BCUT2D eigenvalue weighted by molar-refractivity contribution is 7.17. The monoisotopic (exact) mass is 259 g/mol. The van der Waals surface area contributed by atoms with Gasteiger partial charge in [-0.3, -0.25) is 9.67 Å². The van der Waals surface area contributed by atoms with E-state index in [0.717, 1.165) is 21.5 Å². The first-order valence-electron chi connectivity index (χ1n) is 5.72. The average molecular weight is 259 g/mol. The summed E-state index contributed by atoms with van der Waals surface area (Å²) in [6, 6.07) is 5.90. The van der Waals surface area contributed by atoms with Crippen molar-refractivity contribution in [3.8, 4) is 0 Å². The molecule has 0 fully saturated rings. The Morgan fingerprint density at radius 3 is 3.11 bits per heavy atom. The second kappa shape index (κ2) is 4.51. The van der Waals surface area contributed by atoms with E-state index in [1.807, 2.05) is 36.8 Å². The molecule has 0 radical (unpaired) electrons. The number of aryl methyl sites for hydroxylation is 1. The summed E-state index contributed by atoms with van der Waals surface area (Å²) in [7, 11) is 1.87. The van der Waals surface area contributed by atoms with Gasteiger partial charge in [0, 0.05) is 31.4 Å². The topological polar surface area (TPSA) is 50.9 Å². The van der Waals surface area contributed by atoms with E-state index in [2.05, 4.69) is 10.1 Å². The molecule has 0 aliphatic carbocycles. The summed E-state index contributed by atoms with van der Waals surface area (Å²) < 4.78 is 2.84. The van der Waals surface area contributed by atoms with Crippen LogP contribution >= 0.6 is 11.3 Å². The van der Waals surface area contributed by atoms with Crippen molar-refractivity contribution in [2.45, 2.75) is 12.5 Å². The minimum Gasteiger partial charge on any atom is -0.388 e. The van der Waals surface area contributed by atoms with E-state index >= 15 is 0 Å². The lowest BCUT2D eigenvalue weighted by atomic mass is 10.1. The third-order valence-electron chi connectivity index (χ3n) is 2.88. The van der Waals surface area contributed by atoms with E-state index in [0.29, 0.717) is 6.42 Å². The van der Waals surface area contributed by atoms with Crippen LogP contribution in [0.5, 0.6) is 0 Å². The Labute approximate surface area is 109 Å². The maximum atomic E-state index is 10.2. The van der Waals surface area contributed by atoms with Crippen molar-refractivity contribution in [2.75, 3.05) is 0 Å². The van der Waals surface area contributed by atoms with Gasteiger partial charge in [0.05, 0.1) is 22.0 Å². The Bertz CT molecular complexity index is 673. The van der Waals surface area contributed by atoms with Gasteiger partial charge in [-0.2, -0.15) is 5.10 Å². The van der Waals surface area contributed by atoms with E-state index in [1.165, 1.54) is 0 Å². The van der Waals surface area contributed by atoms with Gasteiger partial charge in [-0.25, -0.2) is 0 Å². The summed E-state index contributed by atoms with van der Waals surface area (Å²) in [4.78, 5) is 4.33. The predicted octanol–water partition coefficient (Wildman–Crippen LogP) is 2.31. The fourth-order valence-corrected chi connectivity index (χ4v) is 2.72. The Morgan fingerprint density at radius 1 is 1.44 bits per heavy atom. The number of pyridine rings is 1. The summed E-state index contributed by atoms with van der Waals surface area (Å²) in [5, 5.41) is 16.5. The molecule has 0 spiro atoms. The molecule has 92 valence electrons. The highest BCUT2D eigenvalue weighted by atomic mass is 32.1. The predicted molar refractivity (Wildman–Crippen MR) is 71.5 cm³/mol. The van der Waals surface area contributed by atoms with Crippen molar-refractivity contribution in [3.63, 3.8) is 0 Å². The fourth-order valence-electron chi connectivity index (χ4n) is 1.93. The number of fused-ring (bicyclic) bond motifs is 1. The second-order valence-electron chi connectivity index (χ2n) is 4.27. The normalized spacial score (nSPS) is 13.0. The molecule has 0 saturated heterocycles. The first kappa shape index (κ1) is 11.4. The van der Waals surface area contributed by atoms with E-state index in [-0.39, 0.29) is 0 Å². The Hall–Kier alpha value is -1.72. The summed E-state index contributed by atoms with van der Waals surface area (Å²) in [5.41, 5.74) is 2.71.